The highest BCUT2D eigenvalue weighted by Crippen LogP contribution is 2.33. The second-order valence-electron chi connectivity index (χ2n) is 6.86. The molecule has 0 unspecified atom stereocenters. The quantitative estimate of drug-likeness (QED) is 0.612. The maximum Gasteiger partial charge on any atom is 0.165 e. The minimum Gasteiger partial charge on any atom is -0.490 e. The van der Waals surface area contributed by atoms with Crippen molar-refractivity contribution in [1.29, 1.82) is 0 Å². The Kier molecular flexibility index (Phi) is 5.95. The fraction of sp³-hybridized carbons (Fsp3) is 0.364. The molecule has 1 aromatic carbocycles. The lowest BCUT2D eigenvalue weighted by molar-refractivity contribution is 0.233. The number of hydrogen-bond acceptors (Lipinski definition) is 7. The molecule has 0 fully saturated rings. The van der Waals surface area contributed by atoms with E-state index in [-0.39, 0.29) is 0 Å². The molecular formula is C22H25N5O2. The molecule has 1 aliphatic rings. The van der Waals surface area contributed by atoms with Crippen LogP contribution in [0.5, 0.6) is 11.5 Å². The Bertz CT molecular complexity index is 965. The van der Waals surface area contributed by atoms with Crippen LogP contribution >= 0.6 is 0 Å². The van der Waals surface area contributed by atoms with Gasteiger partial charge in [0.25, 0.3) is 0 Å². The van der Waals surface area contributed by atoms with Crippen LogP contribution in [0.25, 0.3) is 11.4 Å². The molecule has 0 aliphatic carbocycles. The molecule has 3 aromatic rings. The molecule has 0 radical (unpaired) electrons. The first-order valence-electron chi connectivity index (χ1n) is 9.98. The summed E-state index contributed by atoms with van der Waals surface area (Å²) in [6.45, 7) is 7.75. The highest BCUT2D eigenvalue weighted by Gasteiger charge is 2.21. The highest BCUT2D eigenvalue weighted by atomic mass is 16.5. The third-order valence-electron chi connectivity index (χ3n) is 4.87. The van der Waals surface area contributed by atoms with Crippen molar-refractivity contribution in [3.05, 3.63) is 59.9 Å². The Morgan fingerprint density at radius 2 is 1.86 bits per heavy atom. The Balaban J connectivity index is 1.52. The Morgan fingerprint density at radius 3 is 2.66 bits per heavy atom. The average Bonchev–Trinajstić information content (AvgIpc) is 2.76. The van der Waals surface area contributed by atoms with Crippen LogP contribution in [0.2, 0.25) is 0 Å². The van der Waals surface area contributed by atoms with Gasteiger partial charge in [-0.1, -0.05) is 12.1 Å². The summed E-state index contributed by atoms with van der Waals surface area (Å²) in [6.07, 6.45) is 7.80. The zero-order valence-corrected chi connectivity index (χ0v) is 16.8. The first-order chi connectivity index (χ1) is 14.3. The fourth-order valence-corrected chi connectivity index (χ4v) is 3.57. The van der Waals surface area contributed by atoms with Crippen LogP contribution in [0.15, 0.2) is 43.1 Å². The summed E-state index contributed by atoms with van der Waals surface area (Å²) in [7, 11) is 0. The normalized spacial score (nSPS) is 13.7. The van der Waals surface area contributed by atoms with E-state index < -0.39 is 0 Å². The molecule has 0 saturated carbocycles. The first-order valence-corrected chi connectivity index (χ1v) is 9.98. The smallest absolute Gasteiger partial charge is 0.165 e. The molecule has 0 atom stereocenters. The van der Waals surface area contributed by atoms with Crippen molar-refractivity contribution >= 4 is 0 Å². The number of fused-ring (bicyclic) bond motifs is 1. The maximum absolute atomic E-state index is 5.91. The van der Waals surface area contributed by atoms with Gasteiger partial charge in [-0.25, -0.2) is 19.9 Å². The number of para-hydroxylation sites is 1. The van der Waals surface area contributed by atoms with E-state index in [9.17, 15) is 0 Å². The van der Waals surface area contributed by atoms with E-state index >= 15 is 0 Å². The van der Waals surface area contributed by atoms with Crippen molar-refractivity contribution in [3.63, 3.8) is 0 Å². The van der Waals surface area contributed by atoms with Crippen molar-refractivity contribution in [2.24, 2.45) is 0 Å². The van der Waals surface area contributed by atoms with Crippen LogP contribution < -0.4 is 9.47 Å². The first kappa shape index (κ1) is 19.3. The minimum atomic E-state index is 0.611. The molecule has 0 saturated heterocycles. The molecule has 0 N–H and O–H groups in total. The van der Waals surface area contributed by atoms with Gasteiger partial charge in [0.1, 0.15) is 6.33 Å². The third-order valence-corrected chi connectivity index (χ3v) is 4.87. The van der Waals surface area contributed by atoms with Gasteiger partial charge >= 0.3 is 0 Å². The largest absolute Gasteiger partial charge is 0.490 e. The molecular weight excluding hydrogens is 366 g/mol. The van der Waals surface area contributed by atoms with Gasteiger partial charge in [0.05, 0.1) is 24.5 Å². The maximum atomic E-state index is 5.91. The van der Waals surface area contributed by atoms with Crippen molar-refractivity contribution < 1.29 is 9.47 Å². The van der Waals surface area contributed by atoms with Crippen molar-refractivity contribution in [3.8, 4) is 22.9 Å². The number of ether oxygens (including phenoxy) is 2. The molecule has 4 rings (SSSR count). The summed E-state index contributed by atoms with van der Waals surface area (Å²) >= 11 is 0. The molecule has 0 bridgehead atoms. The molecule has 0 amide bonds. The number of benzene rings is 1. The van der Waals surface area contributed by atoms with Gasteiger partial charge in [-0.3, -0.25) is 4.90 Å². The molecule has 7 nitrogen and oxygen atoms in total. The van der Waals surface area contributed by atoms with Gasteiger partial charge in [0.2, 0.25) is 0 Å². The summed E-state index contributed by atoms with van der Waals surface area (Å²) in [4.78, 5) is 19.8. The monoisotopic (exact) mass is 391 g/mol. The summed E-state index contributed by atoms with van der Waals surface area (Å²) in [5, 5.41) is 0. The zero-order valence-electron chi connectivity index (χ0n) is 16.8. The zero-order chi connectivity index (χ0) is 20.1. The topological polar surface area (TPSA) is 73.3 Å². The van der Waals surface area contributed by atoms with Gasteiger partial charge in [0, 0.05) is 55.8 Å². The SMILES string of the molecule is CCOc1cccc(CN2CCc3nc(-c4cncnc4)ncc3C2)c1OCC. The predicted molar refractivity (Wildman–Crippen MR) is 110 cm³/mol. The van der Waals surface area contributed by atoms with Gasteiger partial charge in [-0.05, 0) is 19.9 Å². The lowest BCUT2D eigenvalue weighted by atomic mass is 10.1. The second kappa shape index (κ2) is 8.96. The van der Waals surface area contributed by atoms with E-state index in [4.69, 9.17) is 14.5 Å². The predicted octanol–water partition coefficient (Wildman–Crippen LogP) is 3.29. The van der Waals surface area contributed by atoms with Crippen LogP contribution in [-0.2, 0) is 19.5 Å². The van der Waals surface area contributed by atoms with E-state index in [2.05, 4.69) is 25.9 Å². The van der Waals surface area contributed by atoms with Crippen LogP contribution in [0.1, 0.15) is 30.7 Å². The van der Waals surface area contributed by atoms with Gasteiger partial charge in [0.15, 0.2) is 17.3 Å². The van der Waals surface area contributed by atoms with Gasteiger partial charge in [-0.15, -0.1) is 0 Å². The second-order valence-corrected chi connectivity index (χ2v) is 6.86. The summed E-state index contributed by atoms with van der Waals surface area (Å²) < 4.78 is 11.7. The van der Waals surface area contributed by atoms with E-state index in [1.165, 1.54) is 6.33 Å². The number of rotatable bonds is 7. The Hall–Kier alpha value is -3.06. The molecule has 1 aliphatic heterocycles. The van der Waals surface area contributed by atoms with Gasteiger partial charge in [-0.2, -0.15) is 0 Å². The lowest BCUT2D eigenvalue weighted by Gasteiger charge is -2.29. The van der Waals surface area contributed by atoms with Crippen molar-refractivity contribution in [1.82, 2.24) is 24.8 Å². The molecule has 2 aromatic heterocycles. The molecule has 150 valence electrons. The number of nitrogens with zero attached hydrogens (tertiary/aromatic N) is 5. The summed E-state index contributed by atoms with van der Waals surface area (Å²) in [6, 6.07) is 6.10. The fourth-order valence-electron chi connectivity index (χ4n) is 3.57. The molecule has 3 heterocycles. The van der Waals surface area contributed by atoms with Gasteiger partial charge < -0.3 is 9.47 Å². The van der Waals surface area contributed by atoms with E-state index in [0.29, 0.717) is 19.0 Å². The van der Waals surface area contributed by atoms with Crippen LogP contribution in [-0.4, -0.2) is 44.6 Å². The number of hydrogen-bond donors (Lipinski definition) is 0. The number of aromatic nitrogens is 4. The molecule has 0 spiro atoms. The van der Waals surface area contributed by atoms with Crippen LogP contribution in [0.3, 0.4) is 0 Å². The molecule has 7 heteroatoms. The van der Waals surface area contributed by atoms with E-state index in [1.807, 2.05) is 32.2 Å². The van der Waals surface area contributed by atoms with Crippen LogP contribution in [0.4, 0.5) is 0 Å². The molecule has 29 heavy (non-hydrogen) atoms. The average molecular weight is 391 g/mol. The van der Waals surface area contributed by atoms with Crippen LogP contribution in [0, 0.1) is 0 Å². The Morgan fingerprint density at radius 1 is 1.03 bits per heavy atom. The minimum absolute atomic E-state index is 0.611. The van der Waals surface area contributed by atoms with E-state index in [1.54, 1.807) is 12.4 Å². The van der Waals surface area contributed by atoms with Crippen molar-refractivity contribution in [2.45, 2.75) is 33.4 Å². The van der Waals surface area contributed by atoms with E-state index in [0.717, 1.165) is 59.9 Å². The standard InChI is InChI=1S/C22H25N5O2/c1-3-28-20-7-5-6-16(21(20)29-4-2)13-27-9-8-19-18(14-27)12-25-22(26-19)17-10-23-15-24-11-17/h5-7,10-12,15H,3-4,8-9,13-14H2,1-2H3. The lowest BCUT2D eigenvalue weighted by Crippen LogP contribution is -2.31. The Labute approximate surface area is 170 Å². The summed E-state index contributed by atoms with van der Waals surface area (Å²) in [5.74, 6) is 2.33. The summed E-state index contributed by atoms with van der Waals surface area (Å²) in [5.41, 5.74) is 4.24. The highest BCUT2D eigenvalue weighted by molar-refractivity contribution is 5.52. The third kappa shape index (κ3) is 4.35. The van der Waals surface area contributed by atoms with Crippen molar-refractivity contribution in [2.75, 3.05) is 19.8 Å².